The Morgan fingerprint density at radius 1 is 1.27 bits per heavy atom. The highest BCUT2D eigenvalue weighted by Crippen LogP contribution is 2.28. The van der Waals surface area contributed by atoms with Crippen molar-refractivity contribution >= 4 is 22.5 Å². The number of furan rings is 1. The number of aromatic amines is 1. The fraction of sp³-hybridized carbons (Fsp3) is 0.0526. The van der Waals surface area contributed by atoms with Crippen molar-refractivity contribution in [3.05, 3.63) is 65.9 Å². The van der Waals surface area contributed by atoms with E-state index in [1.807, 2.05) is 24.3 Å². The van der Waals surface area contributed by atoms with Gasteiger partial charge >= 0.3 is 0 Å². The smallest absolute Gasteiger partial charge is 0.274 e. The Morgan fingerprint density at radius 2 is 2.15 bits per heavy atom. The second-order valence-corrected chi connectivity index (χ2v) is 5.74. The van der Waals surface area contributed by atoms with Crippen molar-refractivity contribution in [2.75, 3.05) is 5.32 Å². The first-order valence-corrected chi connectivity index (χ1v) is 7.85. The molecule has 0 saturated carbocycles. The predicted octanol–water partition coefficient (Wildman–Crippen LogP) is 3.65. The van der Waals surface area contributed by atoms with Gasteiger partial charge in [0, 0.05) is 16.6 Å². The molecule has 1 aromatic carbocycles. The summed E-state index contributed by atoms with van der Waals surface area (Å²) in [6.07, 6.45) is 3.20. The Bertz CT molecular complexity index is 1150. The van der Waals surface area contributed by atoms with Gasteiger partial charge in [-0.1, -0.05) is 0 Å². The standard InChI is InChI=1S/C19H13N5O2/c1-11-12(9-20)2-4-17(21-11)19(25)22-14-3-5-16-15(8-14)18(24-23-16)13-6-7-26-10-13/h2-8,10H,1H3,(H,22,25)(H,23,24). The Hall–Kier alpha value is -3.92. The van der Waals surface area contributed by atoms with Crippen molar-refractivity contribution in [1.29, 1.82) is 5.26 Å². The number of anilines is 1. The first-order valence-electron chi connectivity index (χ1n) is 7.85. The van der Waals surface area contributed by atoms with Crippen LogP contribution in [0.5, 0.6) is 0 Å². The number of carbonyl (C=O) groups excluding carboxylic acids is 1. The van der Waals surface area contributed by atoms with Crippen LogP contribution in [0, 0.1) is 18.3 Å². The number of rotatable bonds is 3. The predicted molar refractivity (Wildman–Crippen MR) is 95.4 cm³/mol. The van der Waals surface area contributed by atoms with Gasteiger partial charge in [-0.3, -0.25) is 9.89 Å². The molecule has 0 unspecified atom stereocenters. The molecule has 2 N–H and O–H groups in total. The topological polar surface area (TPSA) is 108 Å². The molecule has 4 aromatic rings. The minimum atomic E-state index is -0.342. The molecular weight excluding hydrogens is 330 g/mol. The molecule has 1 amide bonds. The van der Waals surface area contributed by atoms with Gasteiger partial charge in [-0.2, -0.15) is 10.4 Å². The van der Waals surface area contributed by atoms with E-state index in [1.54, 1.807) is 31.6 Å². The molecule has 0 aliphatic carbocycles. The average molecular weight is 343 g/mol. The van der Waals surface area contributed by atoms with Crippen molar-refractivity contribution in [3.8, 4) is 17.3 Å². The zero-order valence-corrected chi connectivity index (χ0v) is 13.8. The number of benzene rings is 1. The lowest BCUT2D eigenvalue weighted by Crippen LogP contribution is -2.14. The summed E-state index contributed by atoms with van der Waals surface area (Å²) in [6, 6.07) is 12.5. The molecule has 0 fully saturated rings. The lowest BCUT2D eigenvalue weighted by atomic mass is 10.1. The maximum atomic E-state index is 12.5. The largest absolute Gasteiger partial charge is 0.472 e. The van der Waals surface area contributed by atoms with Gasteiger partial charge in [0.05, 0.1) is 29.3 Å². The minimum absolute atomic E-state index is 0.254. The minimum Gasteiger partial charge on any atom is -0.472 e. The Morgan fingerprint density at radius 3 is 2.88 bits per heavy atom. The van der Waals surface area contributed by atoms with Crippen LogP contribution < -0.4 is 5.32 Å². The number of aromatic nitrogens is 3. The summed E-state index contributed by atoms with van der Waals surface area (Å²) in [5.41, 5.74) is 4.30. The van der Waals surface area contributed by atoms with Gasteiger partial charge in [0.25, 0.3) is 5.91 Å². The average Bonchev–Trinajstić information content (AvgIpc) is 3.30. The van der Waals surface area contributed by atoms with Crippen molar-refractivity contribution in [2.24, 2.45) is 0 Å². The molecule has 7 heteroatoms. The number of amides is 1. The second-order valence-electron chi connectivity index (χ2n) is 5.74. The van der Waals surface area contributed by atoms with Gasteiger partial charge in [-0.15, -0.1) is 0 Å². The third kappa shape index (κ3) is 2.70. The zero-order chi connectivity index (χ0) is 18.1. The summed E-state index contributed by atoms with van der Waals surface area (Å²) in [6.45, 7) is 1.70. The van der Waals surface area contributed by atoms with Gasteiger partial charge < -0.3 is 9.73 Å². The van der Waals surface area contributed by atoms with Crippen LogP contribution in [0.25, 0.3) is 22.2 Å². The molecule has 0 atom stereocenters. The van der Waals surface area contributed by atoms with Gasteiger partial charge in [-0.05, 0) is 43.3 Å². The molecule has 0 bridgehead atoms. The zero-order valence-electron chi connectivity index (χ0n) is 13.8. The number of carbonyl (C=O) groups is 1. The number of pyridine rings is 1. The molecule has 7 nitrogen and oxygen atoms in total. The number of hydrogen-bond donors (Lipinski definition) is 2. The van der Waals surface area contributed by atoms with E-state index < -0.39 is 0 Å². The van der Waals surface area contributed by atoms with E-state index in [0.717, 1.165) is 22.2 Å². The highest BCUT2D eigenvalue weighted by Gasteiger charge is 2.13. The maximum Gasteiger partial charge on any atom is 0.274 e. The maximum absolute atomic E-state index is 12.5. The third-order valence-electron chi connectivity index (χ3n) is 4.05. The van der Waals surface area contributed by atoms with E-state index in [0.29, 0.717) is 16.9 Å². The lowest BCUT2D eigenvalue weighted by molar-refractivity contribution is 0.102. The number of nitrogens with zero attached hydrogens (tertiary/aromatic N) is 3. The van der Waals surface area contributed by atoms with Crippen LogP contribution in [-0.4, -0.2) is 21.1 Å². The fourth-order valence-electron chi connectivity index (χ4n) is 2.71. The van der Waals surface area contributed by atoms with E-state index >= 15 is 0 Å². The van der Waals surface area contributed by atoms with E-state index in [-0.39, 0.29) is 11.6 Å². The molecule has 3 aromatic heterocycles. The van der Waals surface area contributed by atoms with Crippen LogP contribution in [0.3, 0.4) is 0 Å². The van der Waals surface area contributed by atoms with E-state index in [9.17, 15) is 4.79 Å². The summed E-state index contributed by atoms with van der Waals surface area (Å²) in [7, 11) is 0. The normalized spacial score (nSPS) is 10.6. The van der Waals surface area contributed by atoms with Crippen molar-refractivity contribution in [2.45, 2.75) is 6.92 Å². The number of nitrogens with one attached hydrogen (secondary N) is 2. The first-order chi connectivity index (χ1) is 12.7. The van der Waals surface area contributed by atoms with Crippen LogP contribution >= 0.6 is 0 Å². The van der Waals surface area contributed by atoms with Crippen LogP contribution in [0.2, 0.25) is 0 Å². The monoisotopic (exact) mass is 343 g/mol. The summed E-state index contributed by atoms with van der Waals surface area (Å²) < 4.78 is 5.12. The molecule has 3 heterocycles. The second kappa shape index (κ2) is 6.18. The van der Waals surface area contributed by atoms with E-state index in [2.05, 4.69) is 20.5 Å². The van der Waals surface area contributed by atoms with Crippen molar-refractivity contribution in [1.82, 2.24) is 15.2 Å². The summed E-state index contributed by atoms with van der Waals surface area (Å²) >= 11 is 0. The van der Waals surface area contributed by atoms with Crippen LogP contribution in [0.4, 0.5) is 5.69 Å². The lowest BCUT2D eigenvalue weighted by Gasteiger charge is -2.06. The van der Waals surface area contributed by atoms with Crippen LogP contribution in [0.1, 0.15) is 21.7 Å². The van der Waals surface area contributed by atoms with Crippen LogP contribution in [0.15, 0.2) is 53.3 Å². The number of fused-ring (bicyclic) bond motifs is 1. The SMILES string of the molecule is Cc1nc(C(=O)Nc2ccc3[nH]nc(-c4ccoc4)c3c2)ccc1C#N. The summed E-state index contributed by atoms with van der Waals surface area (Å²) in [5, 5.41) is 19.9. The number of hydrogen-bond acceptors (Lipinski definition) is 5. The van der Waals surface area contributed by atoms with Gasteiger partial charge in [0.2, 0.25) is 0 Å². The molecule has 26 heavy (non-hydrogen) atoms. The molecule has 0 saturated heterocycles. The quantitative estimate of drug-likeness (QED) is 0.590. The number of aryl methyl sites for hydroxylation is 1. The highest BCUT2D eigenvalue weighted by molar-refractivity contribution is 6.04. The highest BCUT2D eigenvalue weighted by atomic mass is 16.3. The molecular formula is C19H13N5O2. The number of nitriles is 1. The molecule has 0 radical (unpaired) electrons. The van der Waals surface area contributed by atoms with Gasteiger partial charge in [0.15, 0.2) is 0 Å². The van der Waals surface area contributed by atoms with E-state index in [4.69, 9.17) is 9.68 Å². The Kier molecular flexibility index (Phi) is 3.71. The van der Waals surface area contributed by atoms with Gasteiger partial charge in [0.1, 0.15) is 17.5 Å². The van der Waals surface area contributed by atoms with Gasteiger partial charge in [-0.25, -0.2) is 4.98 Å². The third-order valence-corrected chi connectivity index (χ3v) is 4.05. The van der Waals surface area contributed by atoms with Crippen molar-refractivity contribution in [3.63, 3.8) is 0 Å². The van der Waals surface area contributed by atoms with Crippen LogP contribution in [-0.2, 0) is 0 Å². The molecule has 0 aliphatic heterocycles. The molecule has 0 aliphatic rings. The Labute approximate surface area is 148 Å². The summed E-state index contributed by atoms with van der Waals surface area (Å²) in [5.74, 6) is -0.342. The first kappa shape index (κ1) is 15.6. The number of H-pyrrole nitrogens is 1. The van der Waals surface area contributed by atoms with Crippen molar-refractivity contribution < 1.29 is 9.21 Å². The Balaban J connectivity index is 1.65. The molecule has 4 rings (SSSR count). The summed E-state index contributed by atoms with van der Waals surface area (Å²) in [4.78, 5) is 16.6. The van der Waals surface area contributed by atoms with E-state index in [1.165, 1.54) is 6.07 Å². The molecule has 0 spiro atoms. The fourth-order valence-corrected chi connectivity index (χ4v) is 2.71. The molecule has 126 valence electrons.